The van der Waals surface area contributed by atoms with Crippen LogP contribution in [0, 0.1) is 5.92 Å². The molecule has 1 aromatic heterocycles. The van der Waals surface area contributed by atoms with Gasteiger partial charge in [-0.2, -0.15) is 24.9 Å². The number of H-pyrrole nitrogens is 1. The van der Waals surface area contributed by atoms with Crippen molar-refractivity contribution in [3.63, 3.8) is 0 Å². The quantitative estimate of drug-likeness (QED) is 0.437. The molecule has 37 heavy (non-hydrogen) atoms. The number of methoxy groups -OCH3 is 1. The van der Waals surface area contributed by atoms with Gasteiger partial charge in [-0.25, -0.2) is 0 Å². The highest BCUT2D eigenvalue weighted by molar-refractivity contribution is 8.00. The normalized spacial score (nSPS) is 22.0. The van der Waals surface area contributed by atoms with Crippen molar-refractivity contribution in [1.82, 2.24) is 4.98 Å². The number of alkyl halides is 3. The van der Waals surface area contributed by atoms with E-state index < -0.39 is 23.1 Å². The van der Waals surface area contributed by atoms with Crippen LogP contribution in [0.25, 0.3) is 10.9 Å². The van der Waals surface area contributed by atoms with Crippen molar-refractivity contribution in [1.29, 1.82) is 0 Å². The molecule has 5 rings (SSSR count). The zero-order valence-electron chi connectivity index (χ0n) is 20.5. The molecule has 2 aliphatic heterocycles. The first kappa shape index (κ1) is 25.5. The Kier molecular flexibility index (Phi) is 6.87. The number of rotatable bonds is 4. The van der Waals surface area contributed by atoms with E-state index in [4.69, 9.17) is 4.74 Å². The number of carbonyl (C=O) groups excluding carboxylic acids is 1. The summed E-state index contributed by atoms with van der Waals surface area (Å²) >= 11 is 1.86. The van der Waals surface area contributed by atoms with Crippen LogP contribution in [-0.2, 0) is 6.18 Å². The fourth-order valence-corrected chi connectivity index (χ4v) is 6.97. The topological polar surface area (TPSA) is 74.4 Å². The Labute approximate surface area is 216 Å². The van der Waals surface area contributed by atoms with Crippen molar-refractivity contribution in [2.45, 2.75) is 43.7 Å². The molecule has 0 saturated carbocycles. The lowest BCUT2D eigenvalue weighted by Crippen LogP contribution is -2.52. The fraction of sp³-hybridized carbons (Fsp3) is 0.407. The predicted molar refractivity (Wildman–Crippen MR) is 141 cm³/mol. The lowest BCUT2D eigenvalue weighted by atomic mass is 9.84. The van der Waals surface area contributed by atoms with Gasteiger partial charge in [0.1, 0.15) is 11.3 Å². The molecule has 2 N–H and O–H groups in total. The third kappa shape index (κ3) is 4.91. The number of piperidine rings is 1. The number of carbonyl (C=O) groups is 1. The van der Waals surface area contributed by atoms with Gasteiger partial charge in [-0.15, -0.1) is 0 Å². The SMILES string of the molecule is COc1ccc2[nH]cc(C(=O)Nc3ccc(N4CCCC5CCSC(C)C54)cc3C(F)(F)F)c(=O)c2c1. The number of benzene rings is 2. The molecule has 3 aromatic rings. The van der Waals surface area contributed by atoms with Gasteiger partial charge in [0.2, 0.25) is 5.43 Å². The Hall–Kier alpha value is -3.14. The highest BCUT2D eigenvalue weighted by Gasteiger charge is 2.40. The van der Waals surface area contributed by atoms with Crippen molar-refractivity contribution in [3.8, 4) is 5.75 Å². The molecule has 2 aliphatic rings. The van der Waals surface area contributed by atoms with Gasteiger partial charge in [0.15, 0.2) is 0 Å². The number of fused-ring (bicyclic) bond motifs is 2. The summed E-state index contributed by atoms with van der Waals surface area (Å²) in [5.41, 5.74) is -1.22. The molecule has 2 aromatic carbocycles. The zero-order chi connectivity index (χ0) is 26.3. The molecule has 196 valence electrons. The van der Waals surface area contributed by atoms with Gasteiger partial charge in [0.05, 0.1) is 18.4 Å². The first-order chi connectivity index (χ1) is 17.7. The third-order valence-corrected chi connectivity index (χ3v) is 8.66. The van der Waals surface area contributed by atoms with Gasteiger partial charge in [-0.05, 0) is 67.3 Å². The van der Waals surface area contributed by atoms with Crippen molar-refractivity contribution in [2.24, 2.45) is 5.92 Å². The summed E-state index contributed by atoms with van der Waals surface area (Å²) in [5.74, 6) is 1.06. The summed E-state index contributed by atoms with van der Waals surface area (Å²) in [4.78, 5) is 30.9. The van der Waals surface area contributed by atoms with Gasteiger partial charge >= 0.3 is 6.18 Å². The smallest absolute Gasteiger partial charge is 0.418 e. The monoisotopic (exact) mass is 531 g/mol. The summed E-state index contributed by atoms with van der Waals surface area (Å²) in [6.45, 7) is 2.85. The maximum absolute atomic E-state index is 14.2. The lowest BCUT2D eigenvalue weighted by molar-refractivity contribution is -0.136. The molecule has 3 unspecified atom stereocenters. The largest absolute Gasteiger partial charge is 0.497 e. The van der Waals surface area contributed by atoms with E-state index in [0.717, 1.165) is 31.1 Å². The Morgan fingerprint density at radius 2 is 2.00 bits per heavy atom. The number of hydrogen-bond donors (Lipinski definition) is 2. The molecule has 2 fully saturated rings. The van der Waals surface area contributed by atoms with Gasteiger partial charge in [-0.3, -0.25) is 9.59 Å². The molecule has 6 nitrogen and oxygen atoms in total. The Morgan fingerprint density at radius 3 is 2.76 bits per heavy atom. The summed E-state index contributed by atoms with van der Waals surface area (Å²) in [6.07, 6.45) is -0.372. The number of ether oxygens (including phenoxy) is 1. The third-order valence-electron chi connectivity index (χ3n) is 7.39. The number of nitrogens with one attached hydrogen (secondary N) is 2. The van der Waals surface area contributed by atoms with Crippen LogP contribution in [0.2, 0.25) is 0 Å². The molecular weight excluding hydrogens is 503 g/mol. The average Bonchev–Trinajstić information content (AvgIpc) is 2.88. The van der Waals surface area contributed by atoms with Crippen molar-refractivity contribution < 1.29 is 22.7 Å². The van der Waals surface area contributed by atoms with Gasteiger partial charge < -0.3 is 19.9 Å². The number of hydrogen-bond acceptors (Lipinski definition) is 5. The lowest BCUT2D eigenvalue weighted by Gasteiger charge is -2.48. The minimum atomic E-state index is -4.69. The molecule has 1 amide bonds. The number of halogens is 3. The minimum Gasteiger partial charge on any atom is -0.497 e. The van der Waals surface area contributed by atoms with Crippen molar-refractivity contribution >= 4 is 39.9 Å². The highest BCUT2D eigenvalue weighted by Crippen LogP contribution is 2.43. The summed E-state index contributed by atoms with van der Waals surface area (Å²) in [5, 5.41) is 2.86. The highest BCUT2D eigenvalue weighted by atomic mass is 32.2. The average molecular weight is 532 g/mol. The standard InChI is InChI=1S/C27H28F3N3O3S/c1-15-24-16(9-11-37-15)4-3-10-33(24)17-5-7-23(21(12-17)27(28,29)30)32-26(35)20-14-31-22-8-6-18(36-2)13-19(22)25(20)34/h5-8,12-16,24H,3-4,9-11H2,1-2H3,(H,31,34)(H,32,35). The van der Waals surface area contributed by atoms with Crippen LogP contribution in [0.4, 0.5) is 24.5 Å². The molecule has 0 spiro atoms. The van der Waals surface area contributed by atoms with Crippen LogP contribution in [0.15, 0.2) is 47.4 Å². The number of aromatic nitrogens is 1. The minimum absolute atomic E-state index is 0.183. The van der Waals surface area contributed by atoms with Gasteiger partial charge in [-0.1, -0.05) is 6.92 Å². The van der Waals surface area contributed by atoms with Crippen LogP contribution < -0.4 is 20.4 Å². The van der Waals surface area contributed by atoms with Crippen LogP contribution >= 0.6 is 11.8 Å². The summed E-state index contributed by atoms with van der Waals surface area (Å²) in [7, 11) is 1.45. The first-order valence-electron chi connectivity index (χ1n) is 12.3. The molecule has 2 saturated heterocycles. The molecule has 0 aliphatic carbocycles. The second kappa shape index (κ2) is 9.96. The number of anilines is 2. The summed E-state index contributed by atoms with van der Waals surface area (Å²) in [6, 6.07) is 9.01. The van der Waals surface area contributed by atoms with E-state index in [0.29, 0.717) is 34.7 Å². The van der Waals surface area contributed by atoms with Gasteiger partial charge in [0.25, 0.3) is 5.91 Å². The van der Waals surface area contributed by atoms with Crippen LogP contribution in [0.5, 0.6) is 5.75 Å². The zero-order valence-corrected chi connectivity index (χ0v) is 21.3. The molecule has 0 bridgehead atoms. The van der Waals surface area contributed by atoms with Gasteiger partial charge in [0, 0.05) is 40.6 Å². The van der Waals surface area contributed by atoms with E-state index in [1.165, 1.54) is 25.4 Å². The second-order valence-corrected chi connectivity index (χ2v) is 11.1. The molecule has 3 atom stereocenters. The van der Waals surface area contributed by atoms with Crippen molar-refractivity contribution in [2.75, 3.05) is 29.6 Å². The first-order valence-corrected chi connectivity index (χ1v) is 13.3. The maximum atomic E-state index is 14.2. The van der Waals surface area contributed by atoms with E-state index in [9.17, 15) is 22.8 Å². The Morgan fingerprint density at radius 1 is 1.19 bits per heavy atom. The van der Waals surface area contributed by atoms with Crippen molar-refractivity contribution in [3.05, 3.63) is 63.9 Å². The van der Waals surface area contributed by atoms with E-state index in [1.54, 1.807) is 18.2 Å². The maximum Gasteiger partial charge on any atom is 0.418 e. The number of nitrogens with zero attached hydrogens (tertiary/aromatic N) is 1. The number of aromatic amines is 1. The van der Waals surface area contributed by atoms with E-state index >= 15 is 0 Å². The number of thioether (sulfide) groups is 1. The predicted octanol–water partition coefficient (Wildman–Crippen LogP) is 5.92. The summed E-state index contributed by atoms with van der Waals surface area (Å²) < 4.78 is 47.7. The molecule has 3 heterocycles. The number of amides is 1. The Bertz CT molecular complexity index is 1390. The van der Waals surface area contributed by atoms with E-state index in [1.807, 2.05) is 11.8 Å². The second-order valence-electron chi connectivity index (χ2n) is 9.58. The Balaban J connectivity index is 1.48. The fourth-order valence-electron chi connectivity index (χ4n) is 5.59. The molecule has 0 radical (unpaired) electrons. The van der Waals surface area contributed by atoms with E-state index in [-0.39, 0.29) is 22.7 Å². The number of pyridine rings is 1. The van der Waals surface area contributed by atoms with Crippen LogP contribution in [0.1, 0.15) is 42.1 Å². The van der Waals surface area contributed by atoms with E-state index in [2.05, 4.69) is 22.1 Å². The van der Waals surface area contributed by atoms with Crippen LogP contribution in [0.3, 0.4) is 0 Å². The molecule has 10 heteroatoms. The van der Waals surface area contributed by atoms with Crippen LogP contribution in [-0.4, -0.2) is 41.6 Å². The molecular formula is C27H28F3N3O3S.